The van der Waals surface area contributed by atoms with Crippen LogP contribution < -0.4 is 10.6 Å². The largest absolute Gasteiger partial charge is 0.488 e. The van der Waals surface area contributed by atoms with E-state index in [-0.39, 0.29) is 5.56 Å². The highest BCUT2D eigenvalue weighted by Crippen LogP contribution is 2.07. The summed E-state index contributed by atoms with van der Waals surface area (Å²) in [5.74, 6) is -0.727. The lowest BCUT2D eigenvalue weighted by Gasteiger charge is -2.09. The topological polar surface area (TPSA) is 62.4 Å². The van der Waals surface area contributed by atoms with E-state index in [1.165, 1.54) is 11.1 Å². The van der Waals surface area contributed by atoms with Crippen LogP contribution in [0, 0.1) is 0 Å². The summed E-state index contributed by atoms with van der Waals surface area (Å²) in [6.07, 6.45) is 4.90. The first-order valence-electron chi connectivity index (χ1n) is 8.92. The Morgan fingerprint density at radius 2 is 1.81 bits per heavy atom. The number of rotatable bonds is 6. The Bertz CT molecular complexity index is 893. The molecule has 27 heavy (non-hydrogen) atoms. The van der Waals surface area contributed by atoms with Crippen LogP contribution >= 0.6 is 0 Å². The lowest BCUT2D eigenvalue weighted by Crippen LogP contribution is -2.36. The van der Waals surface area contributed by atoms with Crippen LogP contribution in [-0.4, -0.2) is 35.7 Å². The molecule has 0 fully saturated rings. The van der Waals surface area contributed by atoms with Crippen LogP contribution in [0.2, 0.25) is 0 Å². The van der Waals surface area contributed by atoms with Gasteiger partial charge in [0.05, 0.1) is 10.8 Å². The Labute approximate surface area is 160 Å². The van der Waals surface area contributed by atoms with E-state index in [9.17, 15) is 9.59 Å². The van der Waals surface area contributed by atoms with Gasteiger partial charge in [-0.15, -0.1) is 0 Å². The number of Topliss-reactive ketones (excluding diaryl/α,β-unsaturated/α-hetero) is 1. The van der Waals surface area contributed by atoms with E-state index in [1.807, 2.05) is 57.2 Å². The predicted octanol–water partition coefficient (Wildman–Crippen LogP) is 2.62. The molecule has 0 aliphatic rings. The quantitative estimate of drug-likeness (QED) is 0.630. The zero-order chi connectivity index (χ0) is 20.4. The van der Waals surface area contributed by atoms with Gasteiger partial charge in [0.2, 0.25) is 0 Å². The lowest BCUT2D eigenvalue weighted by molar-refractivity contribution is -0.124. The molecule has 0 radical (unpaired) electrons. The number of carbonyl (C=O) groups excluding carboxylic acids is 2. The minimum absolute atomic E-state index is 0.273. The van der Waals surface area contributed by atoms with E-state index in [0.29, 0.717) is 22.9 Å². The Kier molecular flexibility index (Phi) is 8.79. The van der Waals surface area contributed by atoms with Gasteiger partial charge >= 0.3 is 0 Å². The third kappa shape index (κ3) is 5.45. The fraction of sp³-hybridized carbons (Fsp3) is 0.273. The van der Waals surface area contributed by atoms with Crippen LogP contribution in [0.4, 0.5) is 0 Å². The summed E-state index contributed by atoms with van der Waals surface area (Å²) in [5.41, 5.74) is 1.27. The summed E-state index contributed by atoms with van der Waals surface area (Å²) in [4.78, 5) is 28.8. The fourth-order valence-corrected chi connectivity index (χ4v) is 2.40. The van der Waals surface area contributed by atoms with Crippen molar-refractivity contribution in [1.29, 1.82) is 0 Å². The van der Waals surface area contributed by atoms with Gasteiger partial charge in [0.15, 0.2) is 0 Å². The van der Waals surface area contributed by atoms with Crippen molar-refractivity contribution in [2.75, 3.05) is 14.1 Å². The summed E-state index contributed by atoms with van der Waals surface area (Å²) in [5, 5.41) is 1.26. The lowest BCUT2D eigenvalue weighted by atomic mass is 10.1. The van der Waals surface area contributed by atoms with Crippen molar-refractivity contribution in [2.24, 2.45) is 0 Å². The molecule has 0 aliphatic carbocycles. The standard InChI is InChI=1S/C20H22N2O3.C2H6/c1-5-16-18(15(12-21-16)19(23)20(24)22(3)4)17(6-2)25-13-14-10-8-7-9-11-14;1-2/h5-12,21H,2,13H2,1,3-4H3;1-2H3/b16-5+,18-17+;. The maximum Gasteiger partial charge on any atom is 0.294 e. The third-order valence-corrected chi connectivity index (χ3v) is 3.71. The van der Waals surface area contributed by atoms with Gasteiger partial charge in [0, 0.05) is 25.6 Å². The van der Waals surface area contributed by atoms with Crippen molar-refractivity contribution in [3.05, 3.63) is 70.9 Å². The molecule has 2 aromatic rings. The van der Waals surface area contributed by atoms with Crippen molar-refractivity contribution >= 4 is 23.5 Å². The first-order chi connectivity index (χ1) is 13.0. The molecular weight excluding hydrogens is 340 g/mol. The monoisotopic (exact) mass is 368 g/mol. The van der Waals surface area contributed by atoms with Gasteiger partial charge in [-0.1, -0.05) is 56.8 Å². The van der Waals surface area contributed by atoms with Crippen LogP contribution in [0.3, 0.4) is 0 Å². The van der Waals surface area contributed by atoms with E-state index in [2.05, 4.69) is 11.6 Å². The number of amides is 1. The molecule has 1 aromatic heterocycles. The van der Waals surface area contributed by atoms with E-state index < -0.39 is 11.7 Å². The van der Waals surface area contributed by atoms with Crippen LogP contribution in [-0.2, 0) is 16.1 Å². The molecule has 0 saturated carbocycles. The van der Waals surface area contributed by atoms with Crippen LogP contribution in [0.5, 0.6) is 0 Å². The summed E-state index contributed by atoms with van der Waals surface area (Å²) in [6.45, 7) is 9.97. The van der Waals surface area contributed by atoms with E-state index in [0.717, 1.165) is 5.56 Å². The molecule has 1 heterocycles. The van der Waals surface area contributed by atoms with Crippen molar-refractivity contribution in [1.82, 2.24) is 9.88 Å². The van der Waals surface area contributed by atoms with Gasteiger partial charge in [-0.3, -0.25) is 9.59 Å². The van der Waals surface area contributed by atoms with Crippen molar-refractivity contribution < 1.29 is 14.3 Å². The van der Waals surface area contributed by atoms with Crippen molar-refractivity contribution in [3.8, 4) is 0 Å². The number of aromatic nitrogens is 1. The Morgan fingerprint density at radius 3 is 2.33 bits per heavy atom. The molecule has 1 N–H and O–H groups in total. The summed E-state index contributed by atoms with van der Waals surface area (Å²) < 4.78 is 5.88. The molecule has 2 rings (SSSR count). The molecule has 0 saturated heterocycles. The second kappa shape index (κ2) is 10.8. The molecule has 0 bridgehead atoms. The molecule has 144 valence electrons. The number of carbonyl (C=O) groups is 2. The summed E-state index contributed by atoms with van der Waals surface area (Å²) >= 11 is 0. The number of nitrogens with zero attached hydrogens (tertiary/aromatic N) is 1. The molecule has 5 heteroatoms. The number of hydrogen-bond donors (Lipinski definition) is 1. The number of hydrogen-bond acceptors (Lipinski definition) is 3. The first-order valence-corrected chi connectivity index (χ1v) is 8.92. The molecule has 0 atom stereocenters. The molecule has 1 aromatic carbocycles. The number of ketones is 1. The van der Waals surface area contributed by atoms with Gasteiger partial charge in [-0.25, -0.2) is 0 Å². The average molecular weight is 368 g/mol. The molecular formula is C22H28N2O3. The molecule has 0 spiro atoms. The first kappa shape index (κ1) is 22.0. The number of benzene rings is 1. The smallest absolute Gasteiger partial charge is 0.294 e. The van der Waals surface area contributed by atoms with Gasteiger partial charge in [-0.2, -0.15) is 0 Å². The number of H-pyrrole nitrogens is 1. The highest BCUT2D eigenvalue weighted by Gasteiger charge is 2.21. The van der Waals surface area contributed by atoms with E-state index in [4.69, 9.17) is 4.74 Å². The molecule has 0 aliphatic heterocycles. The van der Waals surface area contributed by atoms with Crippen LogP contribution in [0.1, 0.15) is 36.7 Å². The Hall–Kier alpha value is -3.08. The Morgan fingerprint density at radius 1 is 1.19 bits per heavy atom. The number of likely N-dealkylation sites (N-methyl/N-ethyl adjacent to an activating group) is 1. The number of ether oxygens (including phenoxy) is 1. The highest BCUT2D eigenvalue weighted by molar-refractivity contribution is 6.42. The number of aromatic amines is 1. The molecule has 5 nitrogen and oxygen atoms in total. The van der Waals surface area contributed by atoms with Crippen LogP contribution in [0.25, 0.3) is 11.8 Å². The minimum Gasteiger partial charge on any atom is -0.488 e. The zero-order valence-electron chi connectivity index (χ0n) is 16.7. The summed E-state index contributed by atoms with van der Waals surface area (Å²) in [7, 11) is 3.09. The third-order valence-electron chi connectivity index (χ3n) is 3.71. The normalized spacial score (nSPS) is 11.8. The van der Waals surface area contributed by atoms with Gasteiger partial charge in [-0.05, 0) is 18.6 Å². The van der Waals surface area contributed by atoms with Crippen molar-refractivity contribution in [2.45, 2.75) is 27.4 Å². The maximum atomic E-state index is 12.5. The van der Waals surface area contributed by atoms with E-state index >= 15 is 0 Å². The van der Waals surface area contributed by atoms with Crippen molar-refractivity contribution in [3.63, 3.8) is 0 Å². The minimum atomic E-state index is -0.591. The van der Waals surface area contributed by atoms with Crippen LogP contribution in [0.15, 0.2) is 49.2 Å². The second-order valence-electron chi connectivity index (χ2n) is 5.65. The van der Waals surface area contributed by atoms with Gasteiger partial charge in [0.25, 0.3) is 11.7 Å². The fourth-order valence-electron chi connectivity index (χ4n) is 2.40. The highest BCUT2D eigenvalue weighted by atomic mass is 16.5. The maximum absolute atomic E-state index is 12.5. The average Bonchev–Trinajstić information content (AvgIpc) is 3.13. The zero-order valence-corrected chi connectivity index (χ0v) is 16.7. The summed E-state index contributed by atoms with van der Waals surface area (Å²) in [6, 6.07) is 9.69. The SMILES string of the molecule is C=C/C(OCc1ccccc1)=c1/c(C(=O)C(=O)N(C)C)c[nH]/c1=C/C.CC. The second-order valence-corrected chi connectivity index (χ2v) is 5.65. The predicted molar refractivity (Wildman–Crippen MR) is 109 cm³/mol. The Balaban J connectivity index is 0.00000176. The van der Waals surface area contributed by atoms with Gasteiger partial charge < -0.3 is 14.6 Å². The van der Waals surface area contributed by atoms with E-state index in [1.54, 1.807) is 20.2 Å². The molecule has 1 amide bonds. The molecule has 0 unspecified atom stereocenters. The van der Waals surface area contributed by atoms with Gasteiger partial charge in [0.1, 0.15) is 12.4 Å². The number of nitrogens with one attached hydrogen (secondary N) is 1.